The number of halogens is 5. The molecule has 2 fully saturated rings. The van der Waals surface area contributed by atoms with Crippen LogP contribution in [0.1, 0.15) is 24.5 Å². The number of nitrogens with one attached hydrogen (secondary N) is 5. The van der Waals surface area contributed by atoms with Gasteiger partial charge in [-0.3, -0.25) is 9.59 Å². The largest absolute Gasteiger partial charge is 0.475 e. The van der Waals surface area contributed by atoms with Crippen LogP contribution in [0.4, 0.5) is 29.2 Å². The third-order valence-electron chi connectivity index (χ3n) is 8.98. The summed E-state index contributed by atoms with van der Waals surface area (Å²) in [5.41, 5.74) is 2.14. The molecular weight excluding hydrogens is 848 g/mol. The molecule has 0 saturated carbocycles. The quantitative estimate of drug-likeness (QED) is 0.0532. The van der Waals surface area contributed by atoms with Crippen molar-refractivity contribution in [2.45, 2.75) is 24.9 Å². The fourth-order valence-corrected chi connectivity index (χ4v) is 6.06. The molecule has 8 rings (SSSR count). The van der Waals surface area contributed by atoms with Crippen LogP contribution in [-0.4, -0.2) is 107 Å². The standard InChI is InChI=1S/C21H18F2N6O2.C18H16F2N6O.C3H3ClO/c1-2-17(30)29-9-8-13(11-29)26-20-18-21(25-12-24-20)28-16(27-18)7-4-10-31-19-14(22)5-3-6-15(19)23;19-12-3-1-4-13(20)16(12)27-8-2-5-14-25-15-17(22-10-23-18(15)26-14)24-11-6-7-21-9-11;1-2-3(4)5/h2-3,5-6,12-13H,1,8-11H2,(H2,24,25,26,27,28);1,3-4,10-11,21H,6-9H2,(H2,22,23,24,25,26);2H,1H2/t13-;11-;/m11./s1. The van der Waals surface area contributed by atoms with E-state index in [1.54, 1.807) is 4.90 Å². The van der Waals surface area contributed by atoms with E-state index in [2.05, 4.69) is 92.7 Å². The summed E-state index contributed by atoms with van der Waals surface area (Å²) < 4.78 is 64.2. The first-order chi connectivity index (χ1) is 30.5. The van der Waals surface area contributed by atoms with Gasteiger partial charge in [-0.15, -0.1) is 0 Å². The molecule has 2 aliphatic heterocycles. The Labute approximate surface area is 362 Å². The molecule has 16 nitrogen and oxygen atoms in total. The molecule has 2 aliphatic rings. The van der Waals surface area contributed by atoms with Crippen LogP contribution in [0.15, 0.2) is 74.4 Å². The van der Waals surface area contributed by atoms with Crippen LogP contribution < -0.4 is 25.4 Å². The molecule has 1 amide bonds. The number of allylic oxidation sites excluding steroid dienone is 1. The number of aromatic amines is 2. The number of rotatable bonds is 10. The molecule has 6 heterocycles. The highest BCUT2D eigenvalue weighted by atomic mass is 35.5. The van der Waals surface area contributed by atoms with E-state index in [1.165, 1.54) is 30.9 Å². The zero-order chi connectivity index (χ0) is 44.7. The number of aromatic nitrogens is 8. The summed E-state index contributed by atoms with van der Waals surface area (Å²) in [7, 11) is 0. The highest BCUT2D eigenvalue weighted by Gasteiger charge is 2.26. The Morgan fingerprint density at radius 2 is 1.27 bits per heavy atom. The number of carbonyl (C=O) groups excluding carboxylic acids is 2. The van der Waals surface area contributed by atoms with Gasteiger partial charge in [-0.1, -0.05) is 37.1 Å². The van der Waals surface area contributed by atoms with E-state index in [4.69, 9.17) is 21.1 Å². The first kappa shape index (κ1) is 45.0. The average Bonchev–Trinajstić information content (AvgIpc) is 4.11. The molecule has 0 spiro atoms. The van der Waals surface area contributed by atoms with Crippen molar-refractivity contribution in [2.75, 3.05) is 50.0 Å². The zero-order valence-electron chi connectivity index (χ0n) is 33.2. The summed E-state index contributed by atoms with van der Waals surface area (Å²) in [4.78, 5) is 54.4. The lowest BCUT2D eigenvalue weighted by molar-refractivity contribution is -0.125. The van der Waals surface area contributed by atoms with Gasteiger partial charge in [0, 0.05) is 31.7 Å². The molecule has 0 aliphatic carbocycles. The highest BCUT2D eigenvalue weighted by molar-refractivity contribution is 6.66. The number of carbonyl (C=O) groups is 2. The second kappa shape index (κ2) is 21.8. The zero-order valence-corrected chi connectivity index (χ0v) is 33.9. The van der Waals surface area contributed by atoms with Gasteiger partial charge >= 0.3 is 0 Å². The molecule has 21 heteroatoms. The number of para-hydroxylation sites is 2. The fourth-order valence-electron chi connectivity index (χ4n) is 6.06. The van der Waals surface area contributed by atoms with E-state index in [9.17, 15) is 27.2 Å². The van der Waals surface area contributed by atoms with E-state index >= 15 is 0 Å². The maximum atomic E-state index is 13.6. The third-order valence-corrected chi connectivity index (χ3v) is 9.14. The molecule has 324 valence electrons. The predicted molar refractivity (Wildman–Crippen MR) is 226 cm³/mol. The van der Waals surface area contributed by atoms with Gasteiger partial charge in [-0.2, -0.15) is 0 Å². The Bertz CT molecular complexity index is 2700. The third kappa shape index (κ3) is 12.3. The van der Waals surface area contributed by atoms with Gasteiger partial charge in [0.1, 0.15) is 36.9 Å². The first-order valence-electron chi connectivity index (χ1n) is 19.0. The number of nitrogens with zero attached hydrogens (tertiary/aromatic N) is 7. The molecule has 2 aromatic carbocycles. The summed E-state index contributed by atoms with van der Waals surface area (Å²) in [5, 5.41) is 9.43. The van der Waals surface area contributed by atoms with Crippen LogP contribution in [0.25, 0.3) is 22.3 Å². The number of H-pyrrole nitrogens is 2. The van der Waals surface area contributed by atoms with Crippen LogP contribution in [0.3, 0.4) is 0 Å². The van der Waals surface area contributed by atoms with Gasteiger partial charge in [0.25, 0.3) is 0 Å². The van der Waals surface area contributed by atoms with Crippen molar-refractivity contribution in [3.63, 3.8) is 0 Å². The van der Waals surface area contributed by atoms with E-state index < -0.39 is 40.0 Å². The molecule has 2 saturated heterocycles. The van der Waals surface area contributed by atoms with Gasteiger partial charge in [0.15, 0.2) is 69.3 Å². The topological polar surface area (TPSA) is 201 Å². The van der Waals surface area contributed by atoms with Gasteiger partial charge in [0.05, 0.1) is 0 Å². The molecule has 2 atom stereocenters. The minimum atomic E-state index is -0.795. The molecule has 4 aromatic heterocycles. The van der Waals surface area contributed by atoms with Crippen molar-refractivity contribution in [1.82, 2.24) is 50.1 Å². The Hall–Kier alpha value is -7.55. The lowest BCUT2D eigenvalue weighted by atomic mass is 10.2. The van der Waals surface area contributed by atoms with Crippen molar-refractivity contribution in [2.24, 2.45) is 0 Å². The maximum Gasteiger partial charge on any atom is 0.246 e. The monoisotopic (exact) mass is 884 g/mol. The van der Waals surface area contributed by atoms with Crippen molar-refractivity contribution in [1.29, 1.82) is 0 Å². The summed E-state index contributed by atoms with van der Waals surface area (Å²) in [6, 6.07) is 7.31. The summed E-state index contributed by atoms with van der Waals surface area (Å²) in [6.07, 6.45) is 6.95. The van der Waals surface area contributed by atoms with Crippen LogP contribution >= 0.6 is 11.6 Å². The highest BCUT2D eigenvalue weighted by Crippen LogP contribution is 2.23. The van der Waals surface area contributed by atoms with E-state index in [-0.39, 0.29) is 25.2 Å². The average molecular weight is 885 g/mol. The molecule has 6 aromatic rings. The molecular formula is C42H37ClF4N12O4. The number of hydrogen-bond acceptors (Lipinski definition) is 13. The number of likely N-dealkylation sites (tertiary alicyclic amines) is 1. The minimum Gasteiger partial charge on any atom is -0.475 e. The lowest BCUT2D eigenvalue weighted by Crippen LogP contribution is -2.30. The number of benzene rings is 2. The Kier molecular flexibility index (Phi) is 15.6. The van der Waals surface area contributed by atoms with Gasteiger partial charge in [0.2, 0.25) is 11.1 Å². The number of anilines is 2. The van der Waals surface area contributed by atoms with Crippen LogP contribution in [-0.2, 0) is 9.59 Å². The maximum absolute atomic E-state index is 13.6. The summed E-state index contributed by atoms with van der Waals surface area (Å²) in [6.45, 7) is 9.20. The molecule has 0 radical (unpaired) electrons. The Morgan fingerprint density at radius 3 is 1.71 bits per heavy atom. The van der Waals surface area contributed by atoms with Gasteiger partial charge in [-0.25, -0.2) is 47.5 Å². The number of amides is 1. The second-order valence-corrected chi connectivity index (χ2v) is 13.6. The SMILES string of the molecule is C=CC(=O)Cl.C=CC(=O)N1CC[C@@H](Nc2ncnc3nc(C#CCOc4c(F)cccc4F)[nH]c23)C1.Fc1cccc(F)c1OCC#Cc1nc2ncnc(N[C@@H]3CCNC3)c2[nH]1. The number of hydrogen-bond donors (Lipinski definition) is 5. The second-order valence-electron chi connectivity index (χ2n) is 13.3. The van der Waals surface area contributed by atoms with Gasteiger partial charge in [-0.05, 0) is 79.2 Å². The van der Waals surface area contributed by atoms with Crippen molar-refractivity contribution in [3.8, 4) is 35.2 Å². The van der Waals surface area contributed by atoms with Crippen LogP contribution in [0, 0.1) is 47.0 Å². The molecule has 0 bridgehead atoms. The first-order valence-corrected chi connectivity index (χ1v) is 19.4. The lowest BCUT2D eigenvalue weighted by Gasteiger charge is -2.15. The van der Waals surface area contributed by atoms with E-state index in [0.717, 1.165) is 56.3 Å². The van der Waals surface area contributed by atoms with E-state index in [1.807, 2.05) is 0 Å². The minimum absolute atomic E-state index is 0.0314. The number of ether oxygens (including phenoxy) is 2. The van der Waals surface area contributed by atoms with Crippen molar-refractivity contribution >= 4 is 56.7 Å². The normalized spacial score (nSPS) is 15.0. The number of imidazole rings is 2. The molecule has 5 N–H and O–H groups in total. The summed E-state index contributed by atoms with van der Waals surface area (Å²) in [5.74, 6) is 8.60. The molecule has 63 heavy (non-hydrogen) atoms. The predicted octanol–water partition coefficient (Wildman–Crippen LogP) is 5.03. The van der Waals surface area contributed by atoms with Crippen LogP contribution in [0.5, 0.6) is 11.5 Å². The van der Waals surface area contributed by atoms with Crippen molar-refractivity contribution < 1.29 is 36.6 Å². The smallest absolute Gasteiger partial charge is 0.246 e. The van der Waals surface area contributed by atoms with Crippen molar-refractivity contribution in [3.05, 3.63) is 109 Å². The number of fused-ring (bicyclic) bond motifs is 2. The van der Waals surface area contributed by atoms with Crippen LogP contribution in [0.2, 0.25) is 0 Å². The Morgan fingerprint density at radius 1 is 0.778 bits per heavy atom. The summed E-state index contributed by atoms with van der Waals surface area (Å²) >= 11 is 4.71. The Balaban J connectivity index is 0.000000191. The fraction of sp³-hybridized carbons (Fsp3) is 0.238. The molecule has 0 unspecified atom stereocenters. The van der Waals surface area contributed by atoms with E-state index in [0.29, 0.717) is 64.7 Å². The van der Waals surface area contributed by atoms with Gasteiger partial charge < -0.3 is 40.3 Å².